The average Bonchev–Trinajstić information content (AvgIpc) is 3.21. The molecule has 3 heterocycles. The Bertz CT molecular complexity index is 699. The number of likely N-dealkylation sites (tertiary alicyclic amines) is 1. The van der Waals surface area contributed by atoms with Crippen molar-refractivity contribution in [1.82, 2.24) is 15.2 Å². The van der Waals surface area contributed by atoms with E-state index in [2.05, 4.69) is 10.3 Å². The molecule has 1 N–H and O–H groups in total. The van der Waals surface area contributed by atoms with Crippen LogP contribution in [0.4, 0.5) is 0 Å². The van der Waals surface area contributed by atoms with Crippen LogP contribution in [0.25, 0.3) is 10.6 Å². The predicted molar refractivity (Wildman–Crippen MR) is 88.0 cm³/mol. The molecule has 0 radical (unpaired) electrons. The van der Waals surface area contributed by atoms with Crippen LogP contribution in [0.3, 0.4) is 0 Å². The molecule has 22 heavy (non-hydrogen) atoms. The smallest absolute Gasteiger partial charge is 0.253 e. The first-order chi connectivity index (χ1) is 10.7. The molecule has 4 rings (SSSR count). The maximum Gasteiger partial charge on any atom is 0.253 e. The first kappa shape index (κ1) is 13.9. The van der Waals surface area contributed by atoms with Gasteiger partial charge in [-0.3, -0.25) is 4.79 Å². The maximum atomic E-state index is 12.8. The average molecular weight is 313 g/mol. The van der Waals surface area contributed by atoms with Crippen molar-refractivity contribution in [2.24, 2.45) is 11.8 Å². The summed E-state index contributed by atoms with van der Waals surface area (Å²) in [6.07, 6.45) is 0. The minimum absolute atomic E-state index is 0.157. The summed E-state index contributed by atoms with van der Waals surface area (Å²) in [7, 11) is 0. The molecule has 2 atom stereocenters. The molecular weight excluding hydrogens is 294 g/mol. The van der Waals surface area contributed by atoms with Gasteiger partial charge in [-0.15, -0.1) is 11.3 Å². The van der Waals surface area contributed by atoms with Crippen molar-refractivity contribution in [3.63, 3.8) is 0 Å². The predicted octanol–water partition coefficient (Wildman–Crippen LogP) is 2.41. The fraction of sp³-hybridized carbons (Fsp3) is 0.412. The van der Waals surface area contributed by atoms with Gasteiger partial charge in [-0.05, 0) is 30.9 Å². The van der Waals surface area contributed by atoms with Crippen LogP contribution in [-0.2, 0) is 0 Å². The lowest BCUT2D eigenvalue weighted by Gasteiger charge is -2.17. The fourth-order valence-corrected chi connectivity index (χ4v) is 4.27. The summed E-state index contributed by atoms with van der Waals surface area (Å²) in [5.41, 5.74) is 2.83. The van der Waals surface area contributed by atoms with Gasteiger partial charge in [-0.2, -0.15) is 0 Å². The van der Waals surface area contributed by atoms with E-state index in [0.717, 1.165) is 48.0 Å². The van der Waals surface area contributed by atoms with Gasteiger partial charge in [-0.1, -0.05) is 12.1 Å². The second-order valence-electron chi connectivity index (χ2n) is 6.26. The number of fused-ring (bicyclic) bond motifs is 1. The van der Waals surface area contributed by atoms with Gasteiger partial charge in [0.1, 0.15) is 5.01 Å². The van der Waals surface area contributed by atoms with Crippen LogP contribution in [0, 0.1) is 18.8 Å². The van der Waals surface area contributed by atoms with Gasteiger partial charge in [0.15, 0.2) is 0 Å². The number of thiazole rings is 1. The van der Waals surface area contributed by atoms with E-state index in [-0.39, 0.29) is 5.91 Å². The van der Waals surface area contributed by atoms with E-state index >= 15 is 0 Å². The topological polar surface area (TPSA) is 45.2 Å². The monoisotopic (exact) mass is 313 g/mol. The van der Waals surface area contributed by atoms with Gasteiger partial charge in [0.25, 0.3) is 5.91 Å². The third-order valence-corrected chi connectivity index (χ3v) is 5.66. The van der Waals surface area contributed by atoms with E-state index in [1.165, 1.54) is 0 Å². The number of rotatable bonds is 2. The number of amides is 1. The molecule has 2 saturated heterocycles. The van der Waals surface area contributed by atoms with Crippen LogP contribution in [-0.4, -0.2) is 42.0 Å². The largest absolute Gasteiger partial charge is 0.338 e. The summed E-state index contributed by atoms with van der Waals surface area (Å²) in [5, 5.41) is 6.43. The normalized spacial score (nSPS) is 23.8. The Kier molecular flexibility index (Phi) is 3.47. The number of hydrogen-bond donors (Lipinski definition) is 1. The van der Waals surface area contributed by atoms with Crippen LogP contribution in [0.5, 0.6) is 0 Å². The maximum absolute atomic E-state index is 12.8. The Morgan fingerprint density at radius 2 is 2.09 bits per heavy atom. The molecule has 4 nitrogen and oxygen atoms in total. The molecule has 114 valence electrons. The van der Waals surface area contributed by atoms with Crippen LogP contribution < -0.4 is 5.32 Å². The van der Waals surface area contributed by atoms with E-state index in [1.807, 2.05) is 41.5 Å². The summed E-state index contributed by atoms with van der Waals surface area (Å²) in [6.45, 7) is 5.86. The van der Waals surface area contributed by atoms with Crippen molar-refractivity contribution in [2.75, 3.05) is 26.2 Å². The van der Waals surface area contributed by atoms with Crippen LogP contribution in [0.15, 0.2) is 29.6 Å². The molecule has 2 aliphatic heterocycles. The Balaban J connectivity index is 1.56. The van der Waals surface area contributed by atoms with Gasteiger partial charge < -0.3 is 10.2 Å². The molecule has 2 fully saturated rings. The zero-order valence-electron chi connectivity index (χ0n) is 12.6. The van der Waals surface area contributed by atoms with Gasteiger partial charge in [0, 0.05) is 48.4 Å². The highest BCUT2D eigenvalue weighted by atomic mass is 32.1. The van der Waals surface area contributed by atoms with Gasteiger partial charge >= 0.3 is 0 Å². The molecular formula is C17H19N3OS. The molecule has 5 heteroatoms. The fourth-order valence-electron chi connectivity index (χ4n) is 3.48. The van der Waals surface area contributed by atoms with Gasteiger partial charge in [0.2, 0.25) is 0 Å². The number of aryl methyl sites for hydroxylation is 1. The van der Waals surface area contributed by atoms with Crippen LogP contribution in [0.2, 0.25) is 0 Å². The molecule has 1 aromatic carbocycles. The van der Waals surface area contributed by atoms with Crippen molar-refractivity contribution in [3.8, 4) is 10.6 Å². The van der Waals surface area contributed by atoms with Gasteiger partial charge in [-0.25, -0.2) is 4.98 Å². The highest BCUT2D eigenvalue weighted by Gasteiger charge is 2.38. The summed E-state index contributed by atoms with van der Waals surface area (Å²) >= 11 is 1.62. The van der Waals surface area contributed by atoms with Crippen molar-refractivity contribution in [2.45, 2.75) is 6.92 Å². The van der Waals surface area contributed by atoms with E-state index in [4.69, 9.17) is 0 Å². The standard InChI is InChI=1S/C17H19N3OS/c1-11-10-22-16(19-11)12-3-2-4-13(5-12)17(21)20-8-14-6-18-7-15(14)9-20/h2-5,10,14-15,18H,6-9H2,1H3/t14-,15+. The highest BCUT2D eigenvalue weighted by Crippen LogP contribution is 2.29. The lowest BCUT2D eigenvalue weighted by Crippen LogP contribution is -2.31. The van der Waals surface area contributed by atoms with E-state index in [1.54, 1.807) is 11.3 Å². The molecule has 1 aromatic heterocycles. The lowest BCUT2D eigenvalue weighted by atomic mass is 10.0. The molecule has 0 unspecified atom stereocenters. The van der Waals surface area contributed by atoms with Crippen molar-refractivity contribution < 1.29 is 4.79 Å². The summed E-state index contributed by atoms with van der Waals surface area (Å²) in [4.78, 5) is 19.3. The van der Waals surface area contributed by atoms with Crippen molar-refractivity contribution in [3.05, 3.63) is 40.9 Å². The highest BCUT2D eigenvalue weighted by molar-refractivity contribution is 7.13. The zero-order chi connectivity index (χ0) is 15.1. The summed E-state index contributed by atoms with van der Waals surface area (Å²) in [5.74, 6) is 1.42. The molecule has 2 aromatic rings. The molecule has 1 amide bonds. The Morgan fingerprint density at radius 3 is 2.77 bits per heavy atom. The molecule has 0 spiro atoms. The number of nitrogens with one attached hydrogen (secondary N) is 1. The molecule has 0 bridgehead atoms. The van der Waals surface area contributed by atoms with Crippen molar-refractivity contribution >= 4 is 17.2 Å². The van der Waals surface area contributed by atoms with Crippen LogP contribution >= 0.6 is 11.3 Å². The number of aromatic nitrogens is 1. The Morgan fingerprint density at radius 1 is 1.32 bits per heavy atom. The third kappa shape index (κ3) is 2.44. The van der Waals surface area contributed by atoms with Crippen molar-refractivity contribution in [1.29, 1.82) is 0 Å². The number of hydrogen-bond acceptors (Lipinski definition) is 4. The quantitative estimate of drug-likeness (QED) is 0.926. The third-order valence-electron chi connectivity index (χ3n) is 4.65. The zero-order valence-corrected chi connectivity index (χ0v) is 13.4. The summed E-state index contributed by atoms with van der Waals surface area (Å²) < 4.78 is 0. The number of nitrogens with zero attached hydrogens (tertiary/aromatic N) is 2. The Hall–Kier alpha value is -1.72. The van der Waals surface area contributed by atoms with E-state index in [0.29, 0.717) is 11.8 Å². The molecule has 0 aliphatic carbocycles. The van der Waals surface area contributed by atoms with E-state index in [9.17, 15) is 4.79 Å². The minimum atomic E-state index is 0.157. The summed E-state index contributed by atoms with van der Waals surface area (Å²) in [6, 6.07) is 7.88. The number of carbonyl (C=O) groups excluding carboxylic acids is 1. The Labute approximate surface area is 134 Å². The van der Waals surface area contributed by atoms with E-state index < -0.39 is 0 Å². The first-order valence-electron chi connectivity index (χ1n) is 7.73. The molecule has 0 saturated carbocycles. The minimum Gasteiger partial charge on any atom is -0.338 e. The first-order valence-corrected chi connectivity index (χ1v) is 8.61. The van der Waals surface area contributed by atoms with Gasteiger partial charge in [0.05, 0.1) is 0 Å². The lowest BCUT2D eigenvalue weighted by molar-refractivity contribution is 0.0782. The second kappa shape index (κ2) is 5.48. The SMILES string of the molecule is Cc1csc(-c2cccc(C(=O)N3C[C@H]4CNC[C@H]4C3)c2)n1. The second-order valence-corrected chi connectivity index (χ2v) is 7.12. The number of carbonyl (C=O) groups is 1. The number of benzene rings is 1. The van der Waals surface area contributed by atoms with Crippen LogP contribution in [0.1, 0.15) is 16.1 Å². The molecule has 2 aliphatic rings.